The Morgan fingerprint density at radius 1 is 0.650 bits per heavy atom. The first kappa shape index (κ1) is 44.2. The molecule has 230 valence electrons. The molecule has 0 aromatic rings. The molecular weight excluding hydrogens is 662 g/mol. The number of esters is 2. The molecule has 0 aliphatic carbocycles. The summed E-state index contributed by atoms with van der Waals surface area (Å²) >= 11 is 0. The number of halogens is 16. The number of hydrogen-bond acceptors (Lipinski definition) is 6. The Bertz CT molecular complexity index is 977. The van der Waals surface area contributed by atoms with Crippen LogP contribution in [-0.2, 0) is 29.2 Å². The summed E-state index contributed by atoms with van der Waals surface area (Å²) in [6.07, 6.45) is -13.3. The molecule has 0 radical (unpaired) electrons. The van der Waals surface area contributed by atoms with Crippen LogP contribution in [0.4, 0.5) is 70.2 Å². The van der Waals surface area contributed by atoms with Crippen LogP contribution in [-0.4, -0.2) is 151 Å². The molecule has 1 unspecified atom stereocenters. The van der Waals surface area contributed by atoms with Crippen LogP contribution >= 0.6 is 0 Å². The molecule has 1 atom stereocenters. The van der Waals surface area contributed by atoms with Gasteiger partial charge >= 0.3 is 119 Å². The van der Waals surface area contributed by atoms with Crippen LogP contribution in [0.15, 0.2) is 0 Å². The van der Waals surface area contributed by atoms with Gasteiger partial charge in [-0.2, -0.15) is 61.1 Å². The van der Waals surface area contributed by atoms with E-state index in [2.05, 4.69) is 9.47 Å². The molecule has 0 aliphatic rings. The summed E-state index contributed by atoms with van der Waals surface area (Å²) in [6.45, 7) is -6.57. The summed E-state index contributed by atoms with van der Waals surface area (Å²) in [5.74, 6) is -45.8. The van der Waals surface area contributed by atoms with Crippen molar-refractivity contribution in [3.63, 3.8) is 0 Å². The predicted octanol–water partition coefficient (Wildman–Crippen LogP) is 2.76. The Labute approximate surface area is 255 Å². The van der Waals surface area contributed by atoms with Gasteiger partial charge in [-0.1, -0.05) is 0 Å². The van der Waals surface area contributed by atoms with E-state index in [1.165, 1.54) is 0 Å². The summed E-state index contributed by atoms with van der Waals surface area (Å²) in [4.78, 5) is 22.9. The second-order valence-electron chi connectivity index (χ2n) is 6.88. The van der Waals surface area contributed by atoms with E-state index in [0.29, 0.717) is 0 Å². The molecule has 0 spiro atoms. The van der Waals surface area contributed by atoms with Crippen molar-refractivity contribution < 1.29 is 102 Å². The van der Waals surface area contributed by atoms with E-state index in [1.807, 2.05) is 0 Å². The van der Waals surface area contributed by atoms with Gasteiger partial charge in [-0.3, -0.25) is 14.1 Å². The maximum absolute atomic E-state index is 13.3. The molecule has 0 heterocycles. The maximum atomic E-state index is 13.3. The summed E-state index contributed by atoms with van der Waals surface area (Å²) in [5, 5.41) is -3.66. The first-order valence-corrected chi connectivity index (χ1v) is 10.1. The Morgan fingerprint density at radius 2 is 0.950 bits per heavy atom. The Morgan fingerprint density at radius 3 is 1.23 bits per heavy atom. The minimum atomic E-state index is -6.99. The summed E-state index contributed by atoms with van der Waals surface area (Å²) in [5.41, 5.74) is 0. The molecular formula is C14H12F16Na2O7S. The van der Waals surface area contributed by atoms with Crippen LogP contribution in [0, 0.1) is 0 Å². The van der Waals surface area contributed by atoms with E-state index in [9.17, 15) is 88.3 Å². The summed E-state index contributed by atoms with van der Waals surface area (Å²) in [6, 6.07) is 0. The van der Waals surface area contributed by atoms with E-state index in [4.69, 9.17) is 4.55 Å². The molecule has 0 aromatic carbocycles. The zero-order valence-electron chi connectivity index (χ0n) is 17.2. The van der Waals surface area contributed by atoms with Crippen LogP contribution in [0.5, 0.6) is 0 Å². The molecule has 1 N–H and O–H groups in total. The second-order valence-corrected chi connectivity index (χ2v) is 8.48. The van der Waals surface area contributed by atoms with Crippen LogP contribution < -0.4 is 0 Å². The van der Waals surface area contributed by atoms with Crippen molar-refractivity contribution in [1.29, 1.82) is 0 Å². The van der Waals surface area contributed by atoms with Crippen molar-refractivity contribution >= 4 is 81.2 Å². The van der Waals surface area contributed by atoms with Gasteiger partial charge in [-0.15, -0.1) is 0 Å². The van der Waals surface area contributed by atoms with Gasteiger partial charge in [0.05, 0.1) is 6.42 Å². The standard InChI is InChI=1S/C14H10F16O7S.2Na.2H/c15-7(16)11(23,24)13(27,28)9(19,20)2-36-5(31)1-4(38(33,34)35)6(32)37-3-10(21,22)14(29,30)12(25,26)8(17)18;;;;/h4,7-8H,1-3H2,(H,33,34,35);;;;. The summed E-state index contributed by atoms with van der Waals surface area (Å²) < 4.78 is 242. The topological polar surface area (TPSA) is 107 Å². The number of rotatable bonds is 14. The van der Waals surface area contributed by atoms with Crippen molar-refractivity contribution in [2.24, 2.45) is 0 Å². The predicted molar refractivity (Wildman–Crippen MR) is 97.9 cm³/mol. The molecule has 0 fully saturated rings. The number of carbonyl (C=O) groups excluding carboxylic acids is 2. The number of hydrogen-bond donors (Lipinski definition) is 1. The van der Waals surface area contributed by atoms with Gasteiger partial charge in [0.25, 0.3) is 10.1 Å². The van der Waals surface area contributed by atoms with E-state index in [0.717, 1.165) is 0 Å². The summed E-state index contributed by atoms with van der Waals surface area (Å²) in [7, 11) is -6.15. The zero-order chi connectivity index (χ0) is 30.9. The fraction of sp³-hybridized carbons (Fsp3) is 0.857. The van der Waals surface area contributed by atoms with Crippen LogP contribution in [0.3, 0.4) is 0 Å². The molecule has 0 saturated carbocycles. The molecule has 0 rings (SSSR count). The SMILES string of the molecule is O=C(CC(C(=O)OCC(F)(F)C(F)(F)C(F)(F)C(F)F)S(=O)(=O)O)OCC(F)(F)C(F)(F)C(F)(F)C(F)F.[NaH].[NaH]. The van der Waals surface area contributed by atoms with Gasteiger partial charge < -0.3 is 9.47 Å². The fourth-order valence-corrected chi connectivity index (χ4v) is 2.55. The van der Waals surface area contributed by atoms with Gasteiger partial charge in [0.15, 0.2) is 18.5 Å². The molecule has 7 nitrogen and oxygen atoms in total. The molecule has 0 bridgehead atoms. The third kappa shape index (κ3) is 9.36. The first-order chi connectivity index (χ1) is 16.5. The van der Waals surface area contributed by atoms with Crippen molar-refractivity contribution in [3.05, 3.63) is 0 Å². The molecule has 0 aromatic heterocycles. The molecule has 0 saturated heterocycles. The monoisotopic (exact) mass is 674 g/mol. The Balaban J connectivity index is -0.00000684. The van der Waals surface area contributed by atoms with Crippen molar-refractivity contribution in [3.8, 4) is 0 Å². The average molecular weight is 674 g/mol. The van der Waals surface area contributed by atoms with Gasteiger partial charge in [0.2, 0.25) is 0 Å². The van der Waals surface area contributed by atoms with Crippen LogP contribution in [0.2, 0.25) is 0 Å². The van der Waals surface area contributed by atoms with Crippen molar-refractivity contribution in [1.82, 2.24) is 0 Å². The average Bonchev–Trinajstić information content (AvgIpc) is 2.72. The van der Waals surface area contributed by atoms with Crippen molar-refractivity contribution in [2.75, 3.05) is 13.2 Å². The van der Waals surface area contributed by atoms with Gasteiger partial charge in [-0.25, -0.2) is 17.6 Å². The number of carbonyl (C=O) groups is 2. The van der Waals surface area contributed by atoms with E-state index < -0.39 is 95.3 Å². The van der Waals surface area contributed by atoms with Gasteiger partial charge in [0.1, 0.15) is 0 Å². The third-order valence-electron chi connectivity index (χ3n) is 4.09. The fourth-order valence-electron chi connectivity index (χ4n) is 1.89. The molecule has 0 aliphatic heterocycles. The van der Waals surface area contributed by atoms with Gasteiger partial charge in [0, 0.05) is 0 Å². The molecule has 0 amide bonds. The quantitative estimate of drug-likeness (QED) is 0.131. The first-order valence-electron chi connectivity index (χ1n) is 8.62. The molecule has 40 heavy (non-hydrogen) atoms. The van der Waals surface area contributed by atoms with E-state index in [1.54, 1.807) is 0 Å². The number of alkyl halides is 16. The van der Waals surface area contributed by atoms with E-state index in [-0.39, 0.29) is 59.1 Å². The molecule has 26 heteroatoms. The number of ether oxygens (including phenoxy) is 2. The third-order valence-corrected chi connectivity index (χ3v) is 5.17. The minimum absolute atomic E-state index is 0. The van der Waals surface area contributed by atoms with Crippen molar-refractivity contribution in [2.45, 2.75) is 60.1 Å². The van der Waals surface area contributed by atoms with Crippen LogP contribution in [0.25, 0.3) is 0 Å². The normalized spacial score (nSPS) is 14.8. The second kappa shape index (κ2) is 14.5. The zero-order valence-corrected chi connectivity index (χ0v) is 18.0. The van der Waals surface area contributed by atoms with Gasteiger partial charge in [-0.05, 0) is 0 Å². The van der Waals surface area contributed by atoms with E-state index >= 15 is 0 Å². The Kier molecular flexibility index (Phi) is 16.0. The van der Waals surface area contributed by atoms with Crippen LogP contribution in [0.1, 0.15) is 6.42 Å². The Hall–Kier alpha value is -0.270.